The first-order chi connectivity index (χ1) is 13.0. The number of fused-ring (bicyclic) bond motifs is 1. The van der Waals surface area contributed by atoms with Crippen LogP contribution in [0.5, 0.6) is 0 Å². The molecule has 8 heteroatoms. The van der Waals surface area contributed by atoms with Gasteiger partial charge in [-0.3, -0.25) is 8.87 Å². The van der Waals surface area contributed by atoms with Crippen molar-refractivity contribution in [2.24, 2.45) is 0 Å². The van der Waals surface area contributed by atoms with E-state index < -0.39 is 16.6 Å². The molecule has 0 N–H and O–H groups in total. The quantitative estimate of drug-likeness (QED) is 0.529. The molecule has 0 saturated heterocycles. The average molecular weight is 385 g/mol. The Morgan fingerprint density at radius 3 is 2.48 bits per heavy atom. The van der Waals surface area contributed by atoms with Crippen molar-refractivity contribution in [3.8, 4) is 0 Å². The minimum atomic E-state index is -3.84. The van der Waals surface area contributed by atoms with Gasteiger partial charge in [0.05, 0.1) is 28.2 Å². The van der Waals surface area contributed by atoms with Crippen LogP contribution in [0.25, 0.3) is 21.8 Å². The molecule has 4 aromatic rings. The van der Waals surface area contributed by atoms with Gasteiger partial charge in [-0.1, -0.05) is 36.4 Å². The highest BCUT2D eigenvalue weighted by Crippen LogP contribution is 2.43. The third-order valence-electron chi connectivity index (χ3n) is 4.83. The van der Waals surface area contributed by atoms with Gasteiger partial charge in [0.1, 0.15) is 5.82 Å². The van der Waals surface area contributed by atoms with Crippen LogP contribution < -0.4 is 4.31 Å². The van der Waals surface area contributed by atoms with Crippen LogP contribution in [-0.2, 0) is 16.6 Å². The summed E-state index contributed by atoms with van der Waals surface area (Å²) in [4.78, 5) is 4.46. The molecule has 0 atom stereocenters. The van der Waals surface area contributed by atoms with Crippen LogP contribution in [0.4, 0.5) is 14.5 Å². The Kier molecular flexibility index (Phi) is 3.30. The van der Waals surface area contributed by atoms with E-state index in [9.17, 15) is 17.2 Å². The average Bonchev–Trinajstić information content (AvgIpc) is 3.12. The first-order valence-corrected chi connectivity index (χ1v) is 9.71. The van der Waals surface area contributed by atoms with Crippen LogP contribution in [0.3, 0.4) is 0 Å². The maximum absolute atomic E-state index is 13.7. The number of anilines is 1. The summed E-state index contributed by atoms with van der Waals surface area (Å²) >= 11 is 0. The highest BCUT2D eigenvalue weighted by molar-refractivity contribution is 7.93. The first-order valence-electron chi connectivity index (χ1n) is 8.27. The number of hydrogen-bond donors (Lipinski definition) is 0. The predicted molar refractivity (Wildman–Crippen MR) is 98.3 cm³/mol. The van der Waals surface area contributed by atoms with Gasteiger partial charge < -0.3 is 0 Å². The van der Waals surface area contributed by atoms with Crippen LogP contribution in [0.2, 0.25) is 0 Å². The zero-order valence-electron chi connectivity index (χ0n) is 13.9. The number of rotatable bonds is 3. The van der Waals surface area contributed by atoms with Crippen LogP contribution in [0.1, 0.15) is 12.4 Å². The minimum absolute atomic E-state index is 0.000385. The Hall–Kier alpha value is -3.00. The summed E-state index contributed by atoms with van der Waals surface area (Å²) in [6, 6.07) is 16.8. The number of halogens is 2. The Morgan fingerprint density at radius 1 is 0.963 bits per heavy atom. The van der Waals surface area contributed by atoms with Crippen molar-refractivity contribution in [1.29, 1.82) is 0 Å². The van der Waals surface area contributed by atoms with Crippen LogP contribution >= 0.6 is 0 Å². The Balaban J connectivity index is 1.71. The summed E-state index contributed by atoms with van der Waals surface area (Å²) in [7, 11) is -3.84. The van der Waals surface area contributed by atoms with Gasteiger partial charge in [0.2, 0.25) is 0 Å². The lowest BCUT2D eigenvalue weighted by atomic mass is 10.1. The van der Waals surface area contributed by atoms with Gasteiger partial charge in [0, 0.05) is 5.39 Å². The second-order valence-corrected chi connectivity index (χ2v) is 8.14. The van der Waals surface area contributed by atoms with E-state index in [4.69, 9.17) is 0 Å². The zero-order chi connectivity index (χ0) is 18.8. The normalized spacial score (nSPS) is 15.3. The number of benzene rings is 3. The molecule has 0 aliphatic carbocycles. The second-order valence-electron chi connectivity index (χ2n) is 6.31. The molecule has 0 bridgehead atoms. The number of nitrogens with zero attached hydrogens (tertiary/aromatic N) is 3. The van der Waals surface area contributed by atoms with Crippen molar-refractivity contribution < 1.29 is 17.2 Å². The molecule has 1 aromatic heterocycles. The van der Waals surface area contributed by atoms with Crippen molar-refractivity contribution in [3.05, 3.63) is 66.5 Å². The van der Waals surface area contributed by atoms with Gasteiger partial charge in [-0.05, 0) is 29.7 Å². The summed E-state index contributed by atoms with van der Waals surface area (Å²) in [6.45, 7) is -3.09. The van der Waals surface area contributed by atoms with E-state index >= 15 is 0 Å². The Labute approximate surface area is 153 Å². The number of hydrogen-bond acceptors (Lipinski definition) is 3. The van der Waals surface area contributed by atoms with Gasteiger partial charge >= 0.3 is 6.55 Å². The lowest BCUT2D eigenvalue weighted by molar-refractivity contribution is 0.0716. The molecule has 0 saturated carbocycles. The van der Waals surface area contributed by atoms with Crippen molar-refractivity contribution in [3.63, 3.8) is 0 Å². The summed E-state index contributed by atoms with van der Waals surface area (Å²) in [5, 5.41) is 1.40. The van der Waals surface area contributed by atoms with E-state index in [0.717, 1.165) is 14.3 Å². The molecule has 27 heavy (non-hydrogen) atoms. The highest BCUT2D eigenvalue weighted by Gasteiger charge is 2.36. The van der Waals surface area contributed by atoms with E-state index in [1.807, 2.05) is 12.1 Å². The van der Waals surface area contributed by atoms with Crippen LogP contribution in [-0.4, -0.2) is 18.0 Å². The van der Waals surface area contributed by atoms with Crippen molar-refractivity contribution in [1.82, 2.24) is 9.55 Å². The van der Waals surface area contributed by atoms with Crippen molar-refractivity contribution in [2.75, 3.05) is 4.31 Å². The second kappa shape index (κ2) is 5.50. The summed E-state index contributed by atoms with van der Waals surface area (Å²) in [6.07, 6.45) is 0. The van der Waals surface area contributed by atoms with Gasteiger partial charge in [-0.15, -0.1) is 0 Å². The lowest BCUT2D eigenvalue weighted by Crippen LogP contribution is -2.28. The van der Waals surface area contributed by atoms with Gasteiger partial charge in [-0.2, -0.15) is 8.78 Å². The molecule has 1 aliphatic heterocycles. The van der Waals surface area contributed by atoms with E-state index in [0.29, 0.717) is 16.6 Å². The van der Waals surface area contributed by atoms with E-state index in [1.165, 1.54) is 6.07 Å². The molecule has 3 aromatic carbocycles. The van der Waals surface area contributed by atoms with Gasteiger partial charge in [-0.25, -0.2) is 13.4 Å². The SMILES string of the molecule is O=S1(=O)c2cccc3cccc(c23)N1Cc1nc2ccccc2n1C(F)F. The van der Waals surface area contributed by atoms with Crippen molar-refractivity contribution in [2.45, 2.75) is 18.0 Å². The zero-order valence-corrected chi connectivity index (χ0v) is 14.7. The van der Waals surface area contributed by atoms with Crippen molar-refractivity contribution >= 4 is 37.5 Å². The molecule has 1 aliphatic rings. The molecule has 5 nitrogen and oxygen atoms in total. The minimum Gasteiger partial charge on any atom is -0.269 e. The molecule has 5 rings (SSSR count). The lowest BCUT2D eigenvalue weighted by Gasteiger charge is -2.19. The largest absolute Gasteiger partial charge is 0.320 e. The van der Waals surface area contributed by atoms with Crippen LogP contribution in [0, 0.1) is 0 Å². The fourth-order valence-corrected chi connectivity index (χ4v) is 5.35. The summed E-state index contributed by atoms with van der Waals surface area (Å²) in [5.41, 5.74) is 1.16. The smallest absolute Gasteiger partial charge is 0.269 e. The fourth-order valence-electron chi connectivity index (χ4n) is 3.68. The molecule has 0 radical (unpaired) electrons. The molecule has 0 amide bonds. The summed E-state index contributed by atoms with van der Waals surface area (Å²) < 4.78 is 55.5. The maximum Gasteiger partial charge on any atom is 0.320 e. The standard InChI is InChI=1S/C19H13F2N3O2S/c20-19(21)24-14-8-2-1-7-13(14)22-17(24)11-23-15-9-3-5-12-6-4-10-16(18(12)15)27(23,25)26/h1-10,19H,11H2. The third-order valence-corrected chi connectivity index (χ3v) is 6.63. The molecule has 2 heterocycles. The third kappa shape index (κ3) is 2.19. The van der Waals surface area contributed by atoms with E-state index in [2.05, 4.69) is 4.98 Å². The topological polar surface area (TPSA) is 55.2 Å². The number of para-hydroxylation sites is 2. The molecule has 0 unspecified atom stereocenters. The molecular weight excluding hydrogens is 372 g/mol. The monoisotopic (exact) mass is 385 g/mol. The molecular formula is C19H13F2N3O2S. The van der Waals surface area contributed by atoms with Gasteiger partial charge in [0.25, 0.3) is 10.0 Å². The summed E-state index contributed by atoms with van der Waals surface area (Å²) in [5.74, 6) is -0.000385. The van der Waals surface area contributed by atoms with E-state index in [1.54, 1.807) is 42.5 Å². The molecule has 0 spiro atoms. The maximum atomic E-state index is 13.7. The predicted octanol–water partition coefficient (Wildman–Crippen LogP) is 4.29. The number of aromatic nitrogens is 2. The van der Waals surface area contributed by atoms with Crippen LogP contribution in [0.15, 0.2) is 65.6 Å². The highest BCUT2D eigenvalue weighted by atomic mass is 32.2. The number of alkyl halides is 2. The fraction of sp³-hybridized carbons (Fsp3) is 0.105. The first kappa shape index (κ1) is 16.2. The van der Waals surface area contributed by atoms with Gasteiger partial charge in [0.15, 0.2) is 0 Å². The number of imidazole rings is 1. The Bertz CT molecular complexity index is 1310. The number of sulfonamides is 1. The Morgan fingerprint density at radius 2 is 1.70 bits per heavy atom. The van der Waals surface area contributed by atoms with E-state index in [-0.39, 0.29) is 22.8 Å². The molecule has 136 valence electrons. The molecule has 0 fully saturated rings.